The fraction of sp³-hybridized carbons (Fsp3) is 0.250. The van der Waals surface area contributed by atoms with Crippen LogP contribution in [-0.2, 0) is 0 Å². The highest BCUT2D eigenvalue weighted by Crippen LogP contribution is 2.17. The number of carbonyl (C=O) groups excluding carboxylic acids is 1. The first kappa shape index (κ1) is 10.2. The van der Waals surface area contributed by atoms with Crippen molar-refractivity contribution in [1.82, 2.24) is 4.98 Å². The Balaban J connectivity index is 2.81. The van der Waals surface area contributed by atoms with E-state index in [0.717, 1.165) is 28.1 Å². The van der Waals surface area contributed by atoms with Crippen LogP contribution in [0.4, 0.5) is 0 Å². The Hall–Kier alpha value is -1.35. The van der Waals surface area contributed by atoms with E-state index in [-0.39, 0.29) is 0 Å². The first-order chi connectivity index (χ1) is 7.04. The summed E-state index contributed by atoms with van der Waals surface area (Å²) >= 11 is 0. The molecule has 0 atom stereocenters. The number of aldehydes is 1. The van der Waals surface area contributed by atoms with Crippen molar-refractivity contribution in [2.24, 2.45) is 0 Å². The molecule has 78 valence electrons. The van der Waals surface area contributed by atoms with Gasteiger partial charge in [0.15, 0.2) is 6.29 Å². The first-order valence-corrected chi connectivity index (χ1v) is 8.60. The molecule has 0 fully saturated rings. The Bertz CT molecular complexity index is 508. The van der Waals surface area contributed by atoms with Gasteiger partial charge in [0, 0.05) is 21.8 Å². The topological polar surface area (TPSA) is 32.9 Å². The van der Waals surface area contributed by atoms with Crippen LogP contribution in [0, 0.1) is 0 Å². The molecule has 0 aliphatic heterocycles. The van der Waals surface area contributed by atoms with Crippen LogP contribution in [0.3, 0.4) is 0 Å². The normalized spacial score (nSPS) is 11.9. The lowest BCUT2D eigenvalue weighted by Gasteiger charge is -2.14. The zero-order chi connectivity index (χ0) is 11.1. The van der Waals surface area contributed by atoms with Gasteiger partial charge < -0.3 is 4.98 Å². The maximum atomic E-state index is 11.2. The summed E-state index contributed by atoms with van der Waals surface area (Å²) in [5, 5.41) is 2.20. The van der Waals surface area contributed by atoms with Crippen molar-refractivity contribution in [3.63, 3.8) is 0 Å². The van der Waals surface area contributed by atoms with Gasteiger partial charge in [-0.3, -0.25) is 4.79 Å². The van der Waals surface area contributed by atoms with E-state index in [0.29, 0.717) is 0 Å². The van der Waals surface area contributed by atoms with Crippen molar-refractivity contribution in [2.75, 3.05) is 0 Å². The monoisotopic (exact) mass is 217 g/mol. The third-order valence-electron chi connectivity index (χ3n) is 2.61. The van der Waals surface area contributed by atoms with Gasteiger partial charge >= 0.3 is 0 Å². The molecule has 0 aliphatic rings. The Morgan fingerprint density at radius 1 is 1.20 bits per heavy atom. The van der Waals surface area contributed by atoms with Crippen LogP contribution < -0.4 is 5.32 Å². The number of para-hydroxylation sites is 1. The van der Waals surface area contributed by atoms with Crippen LogP contribution in [0.15, 0.2) is 24.3 Å². The van der Waals surface area contributed by atoms with E-state index in [2.05, 4.69) is 24.6 Å². The summed E-state index contributed by atoms with van der Waals surface area (Å²) < 4.78 is 0. The lowest BCUT2D eigenvalue weighted by molar-refractivity contribution is 0.112. The fourth-order valence-electron chi connectivity index (χ4n) is 1.88. The summed E-state index contributed by atoms with van der Waals surface area (Å²) in [6.07, 6.45) is 0.979. The highest BCUT2D eigenvalue weighted by Gasteiger charge is 2.23. The number of fused-ring (bicyclic) bond motifs is 1. The fourth-order valence-corrected chi connectivity index (χ4v) is 3.39. The highest BCUT2D eigenvalue weighted by atomic mass is 28.3. The Morgan fingerprint density at radius 2 is 1.87 bits per heavy atom. The molecule has 2 nitrogen and oxygen atoms in total. The zero-order valence-electron chi connectivity index (χ0n) is 9.29. The van der Waals surface area contributed by atoms with Gasteiger partial charge in [0.05, 0.1) is 8.07 Å². The van der Waals surface area contributed by atoms with E-state index in [9.17, 15) is 4.79 Å². The zero-order valence-corrected chi connectivity index (χ0v) is 10.3. The Kier molecular flexibility index (Phi) is 2.27. The Labute approximate surface area is 90.3 Å². The number of benzene rings is 1. The van der Waals surface area contributed by atoms with Crippen LogP contribution in [-0.4, -0.2) is 19.3 Å². The van der Waals surface area contributed by atoms with Crippen molar-refractivity contribution in [3.8, 4) is 0 Å². The molecule has 0 amide bonds. The number of hydrogen-bond acceptors (Lipinski definition) is 1. The summed E-state index contributed by atoms with van der Waals surface area (Å²) in [7, 11) is -1.47. The standard InChI is InChI=1S/C12H15NOSi/c1-15(2,3)12-10(8-14)9-6-4-5-7-11(9)13-12/h4-8,13H,1-3H3. The molecule has 0 radical (unpaired) electrons. The molecular weight excluding hydrogens is 202 g/mol. The van der Waals surface area contributed by atoms with Crippen LogP contribution in [0.1, 0.15) is 10.4 Å². The maximum Gasteiger partial charge on any atom is 0.152 e. The molecule has 0 bridgehead atoms. The van der Waals surface area contributed by atoms with Crippen molar-refractivity contribution < 1.29 is 4.79 Å². The second-order valence-corrected chi connectivity index (χ2v) is 9.83. The molecule has 3 heteroatoms. The molecule has 0 unspecified atom stereocenters. The number of hydrogen-bond donors (Lipinski definition) is 1. The van der Waals surface area contributed by atoms with Gasteiger partial charge in [-0.2, -0.15) is 0 Å². The first-order valence-electron chi connectivity index (χ1n) is 5.10. The van der Waals surface area contributed by atoms with Gasteiger partial charge in [0.1, 0.15) is 0 Å². The molecule has 0 saturated heterocycles. The van der Waals surface area contributed by atoms with Crippen LogP contribution in [0.2, 0.25) is 19.6 Å². The number of carbonyl (C=O) groups is 1. The molecule has 2 rings (SSSR count). The third kappa shape index (κ3) is 1.63. The summed E-state index contributed by atoms with van der Waals surface area (Å²) in [6.45, 7) is 6.72. The van der Waals surface area contributed by atoms with Crippen molar-refractivity contribution in [2.45, 2.75) is 19.6 Å². The second kappa shape index (κ2) is 3.34. The van der Waals surface area contributed by atoms with E-state index >= 15 is 0 Å². The van der Waals surface area contributed by atoms with Gasteiger partial charge in [-0.05, 0) is 6.07 Å². The quantitative estimate of drug-likeness (QED) is 0.608. The SMILES string of the molecule is C[Si](C)(C)c1[nH]c2ccccc2c1C=O. The average Bonchev–Trinajstić information content (AvgIpc) is 2.55. The summed E-state index contributed by atoms with van der Waals surface area (Å²) in [5.74, 6) is 0. The lowest BCUT2D eigenvalue weighted by Crippen LogP contribution is -2.40. The minimum atomic E-state index is -1.47. The summed E-state index contributed by atoms with van der Waals surface area (Å²) in [5.41, 5.74) is 1.92. The molecule has 2 aromatic rings. The molecule has 1 heterocycles. The number of aromatic nitrogens is 1. The minimum absolute atomic E-state index is 0.852. The lowest BCUT2D eigenvalue weighted by atomic mass is 10.2. The predicted molar refractivity (Wildman–Crippen MR) is 66.7 cm³/mol. The molecule has 1 N–H and O–H groups in total. The van der Waals surface area contributed by atoms with Crippen LogP contribution in [0.5, 0.6) is 0 Å². The smallest absolute Gasteiger partial charge is 0.152 e. The van der Waals surface area contributed by atoms with Gasteiger partial charge in [-0.25, -0.2) is 0 Å². The van der Waals surface area contributed by atoms with Gasteiger partial charge in [0.2, 0.25) is 0 Å². The molecule has 0 aliphatic carbocycles. The van der Waals surface area contributed by atoms with Crippen LogP contribution in [0.25, 0.3) is 10.9 Å². The van der Waals surface area contributed by atoms with E-state index in [1.54, 1.807) is 0 Å². The molecule has 15 heavy (non-hydrogen) atoms. The number of aromatic amines is 1. The predicted octanol–water partition coefficient (Wildman–Crippen LogP) is 2.53. The third-order valence-corrected chi connectivity index (χ3v) is 4.51. The molecular formula is C12H15NOSi. The largest absolute Gasteiger partial charge is 0.362 e. The van der Waals surface area contributed by atoms with Gasteiger partial charge in [-0.15, -0.1) is 0 Å². The minimum Gasteiger partial charge on any atom is -0.362 e. The van der Waals surface area contributed by atoms with E-state index < -0.39 is 8.07 Å². The second-order valence-electron chi connectivity index (χ2n) is 4.83. The maximum absolute atomic E-state index is 11.2. The highest BCUT2D eigenvalue weighted by molar-refractivity contribution is 6.89. The van der Waals surface area contributed by atoms with Crippen molar-refractivity contribution >= 4 is 30.6 Å². The van der Waals surface area contributed by atoms with E-state index in [4.69, 9.17) is 0 Å². The summed E-state index contributed by atoms with van der Waals surface area (Å²) in [6, 6.07) is 7.98. The number of nitrogens with one attached hydrogen (secondary N) is 1. The number of H-pyrrole nitrogens is 1. The van der Waals surface area contributed by atoms with Crippen molar-refractivity contribution in [3.05, 3.63) is 29.8 Å². The Morgan fingerprint density at radius 3 is 2.47 bits per heavy atom. The molecule has 1 aromatic heterocycles. The number of rotatable bonds is 2. The van der Waals surface area contributed by atoms with E-state index in [1.807, 2.05) is 24.3 Å². The average molecular weight is 217 g/mol. The van der Waals surface area contributed by atoms with Gasteiger partial charge in [0.25, 0.3) is 0 Å². The van der Waals surface area contributed by atoms with Gasteiger partial charge in [-0.1, -0.05) is 37.8 Å². The summed E-state index contributed by atoms with van der Waals surface area (Å²) in [4.78, 5) is 14.5. The molecule has 1 aromatic carbocycles. The molecule has 0 spiro atoms. The van der Waals surface area contributed by atoms with E-state index in [1.165, 1.54) is 0 Å². The van der Waals surface area contributed by atoms with Crippen LogP contribution >= 0.6 is 0 Å². The molecule has 0 saturated carbocycles. The van der Waals surface area contributed by atoms with Crippen molar-refractivity contribution in [1.29, 1.82) is 0 Å².